The lowest BCUT2D eigenvalue weighted by Crippen LogP contribution is -2.31. The number of fused-ring (bicyclic) bond motifs is 1. The highest BCUT2D eigenvalue weighted by molar-refractivity contribution is 7.98. The van der Waals surface area contributed by atoms with Crippen LogP contribution in [-0.4, -0.2) is 45.8 Å². The van der Waals surface area contributed by atoms with E-state index in [0.717, 1.165) is 29.7 Å². The molecule has 2 heterocycles. The molecule has 9 nitrogen and oxygen atoms in total. The number of allylic oxidation sites excluding steroid dienone is 2. The average Bonchev–Trinajstić information content (AvgIpc) is 3.28. The highest BCUT2D eigenvalue weighted by Crippen LogP contribution is 2.42. The van der Waals surface area contributed by atoms with Crippen molar-refractivity contribution in [1.82, 2.24) is 14.8 Å². The second-order valence-corrected chi connectivity index (χ2v) is 9.21. The molecule has 1 atom stereocenters. The zero-order chi connectivity index (χ0) is 24.5. The number of ether oxygens (including phenoxy) is 2. The van der Waals surface area contributed by atoms with Crippen LogP contribution in [0.25, 0.3) is 0 Å². The third kappa shape index (κ3) is 4.37. The van der Waals surface area contributed by atoms with Gasteiger partial charge in [-0.05, 0) is 48.2 Å². The number of Topliss-reactive ketones (excluding diaryl/α,β-unsaturated/α-hetero) is 1. The van der Waals surface area contributed by atoms with E-state index in [0.29, 0.717) is 40.4 Å². The molecule has 0 unspecified atom stereocenters. The lowest BCUT2D eigenvalue weighted by molar-refractivity contribution is -0.116. The summed E-state index contributed by atoms with van der Waals surface area (Å²) in [5.74, 6) is 1.50. The molecule has 0 spiro atoms. The van der Waals surface area contributed by atoms with Crippen molar-refractivity contribution in [3.05, 3.63) is 70.4 Å². The summed E-state index contributed by atoms with van der Waals surface area (Å²) in [6.07, 6.45) is 2.07. The van der Waals surface area contributed by atoms with Gasteiger partial charge in [0.25, 0.3) is 0 Å². The molecule has 35 heavy (non-hydrogen) atoms. The minimum atomic E-state index is -0.953. The second kappa shape index (κ2) is 9.46. The Morgan fingerprint density at radius 3 is 2.63 bits per heavy atom. The molecule has 0 fully saturated rings. The van der Waals surface area contributed by atoms with Crippen molar-refractivity contribution in [3.63, 3.8) is 0 Å². The van der Waals surface area contributed by atoms with Gasteiger partial charge >= 0.3 is 5.97 Å². The zero-order valence-electron chi connectivity index (χ0n) is 19.3. The molecule has 1 aromatic heterocycles. The van der Waals surface area contributed by atoms with Crippen molar-refractivity contribution in [2.75, 3.05) is 19.5 Å². The summed E-state index contributed by atoms with van der Waals surface area (Å²) in [6.45, 7) is 0. The van der Waals surface area contributed by atoms with Crippen LogP contribution < -0.4 is 14.8 Å². The fourth-order valence-electron chi connectivity index (χ4n) is 4.42. The van der Waals surface area contributed by atoms with Crippen LogP contribution in [0.5, 0.6) is 11.5 Å². The number of aromatic carboxylic acids is 1. The second-order valence-electron chi connectivity index (χ2n) is 8.26. The number of hydrogen-bond acceptors (Lipinski definition) is 8. The average molecular weight is 493 g/mol. The molecule has 5 rings (SSSR count). The first kappa shape index (κ1) is 23.0. The number of ketones is 1. The molecule has 0 amide bonds. The molecule has 0 bridgehead atoms. The molecule has 0 radical (unpaired) electrons. The Labute approximate surface area is 206 Å². The van der Waals surface area contributed by atoms with E-state index in [4.69, 9.17) is 19.7 Å². The van der Waals surface area contributed by atoms with Crippen molar-refractivity contribution in [2.45, 2.75) is 36.2 Å². The first-order valence-electron chi connectivity index (χ1n) is 11.1. The van der Waals surface area contributed by atoms with Crippen LogP contribution in [0.4, 0.5) is 5.95 Å². The lowest BCUT2D eigenvalue weighted by Gasteiger charge is -2.32. The number of nitrogens with zero attached hydrogens (tertiary/aromatic N) is 3. The van der Waals surface area contributed by atoms with Gasteiger partial charge in [0.1, 0.15) is 6.04 Å². The Morgan fingerprint density at radius 1 is 1.14 bits per heavy atom. The third-order valence-corrected chi connectivity index (χ3v) is 7.05. The summed E-state index contributed by atoms with van der Waals surface area (Å²) in [5.41, 5.74) is 3.67. The Morgan fingerprint density at radius 2 is 1.91 bits per heavy atom. The van der Waals surface area contributed by atoms with E-state index in [-0.39, 0.29) is 11.3 Å². The molecule has 3 aromatic rings. The van der Waals surface area contributed by atoms with Gasteiger partial charge in [-0.25, -0.2) is 9.48 Å². The minimum Gasteiger partial charge on any atom is -0.493 e. The van der Waals surface area contributed by atoms with Crippen LogP contribution in [0.2, 0.25) is 0 Å². The maximum Gasteiger partial charge on any atom is 0.335 e. The fourth-order valence-corrected chi connectivity index (χ4v) is 5.21. The standard InChI is InChI=1S/C25H24N4O5S/c1-33-19-11-10-16(12-20(19)34-2)22-21-17(4-3-5-18(21)30)26-24-27-25(28-29(22)24)35-13-14-6-8-15(9-7-14)23(31)32/h6-12,22H,3-5,13H2,1-2H3,(H,31,32)(H,26,27,28)/t22-/m0/s1. The summed E-state index contributed by atoms with van der Waals surface area (Å²) >= 11 is 1.45. The van der Waals surface area contributed by atoms with E-state index in [2.05, 4.69) is 10.3 Å². The van der Waals surface area contributed by atoms with Gasteiger partial charge in [0.05, 0.1) is 19.8 Å². The minimum absolute atomic E-state index is 0.104. The van der Waals surface area contributed by atoms with Gasteiger partial charge in [0, 0.05) is 23.4 Å². The summed E-state index contributed by atoms with van der Waals surface area (Å²) < 4.78 is 12.7. The Balaban J connectivity index is 1.48. The largest absolute Gasteiger partial charge is 0.493 e. The molecule has 2 aromatic carbocycles. The Hall–Kier alpha value is -3.79. The predicted octanol–water partition coefficient (Wildman–Crippen LogP) is 4.31. The van der Waals surface area contributed by atoms with E-state index in [1.165, 1.54) is 11.8 Å². The molecule has 1 aliphatic carbocycles. The number of rotatable bonds is 7. The Bertz CT molecular complexity index is 1330. The van der Waals surface area contributed by atoms with E-state index in [1.54, 1.807) is 43.2 Å². The van der Waals surface area contributed by atoms with Gasteiger partial charge in [0.15, 0.2) is 17.3 Å². The van der Waals surface area contributed by atoms with Crippen LogP contribution >= 0.6 is 11.8 Å². The van der Waals surface area contributed by atoms with Crippen LogP contribution in [-0.2, 0) is 10.5 Å². The van der Waals surface area contributed by atoms with Crippen LogP contribution in [0.3, 0.4) is 0 Å². The van der Waals surface area contributed by atoms with Crippen molar-refractivity contribution < 1.29 is 24.2 Å². The summed E-state index contributed by atoms with van der Waals surface area (Å²) in [5, 5.41) is 17.7. The van der Waals surface area contributed by atoms with Crippen molar-refractivity contribution >= 4 is 29.5 Å². The first-order valence-corrected chi connectivity index (χ1v) is 12.1. The molecular formula is C25H24N4O5S. The van der Waals surface area contributed by atoms with Crippen LogP contribution in [0.15, 0.2) is 58.9 Å². The zero-order valence-corrected chi connectivity index (χ0v) is 20.1. The summed E-state index contributed by atoms with van der Waals surface area (Å²) in [4.78, 5) is 28.8. The van der Waals surface area contributed by atoms with Crippen molar-refractivity contribution in [2.24, 2.45) is 0 Å². The van der Waals surface area contributed by atoms with E-state index in [1.807, 2.05) is 18.2 Å². The van der Waals surface area contributed by atoms with E-state index < -0.39 is 12.0 Å². The smallest absolute Gasteiger partial charge is 0.335 e. The number of benzene rings is 2. The normalized spacial score (nSPS) is 16.9. The SMILES string of the molecule is COc1ccc([C@H]2C3=C(CCCC3=O)Nc3nc(SCc4ccc(C(=O)O)cc4)nn32)cc1OC. The molecule has 2 N–H and O–H groups in total. The predicted molar refractivity (Wildman–Crippen MR) is 130 cm³/mol. The monoisotopic (exact) mass is 492 g/mol. The third-order valence-electron chi connectivity index (χ3n) is 6.14. The van der Waals surface area contributed by atoms with Crippen molar-refractivity contribution in [3.8, 4) is 11.5 Å². The molecule has 2 aliphatic rings. The molecule has 0 saturated heterocycles. The quantitative estimate of drug-likeness (QED) is 0.466. The number of carboxylic acid groups (broad SMARTS) is 1. The number of methoxy groups -OCH3 is 2. The number of aromatic nitrogens is 3. The van der Waals surface area contributed by atoms with Crippen LogP contribution in [0.1, 0.15) is 46.8 Å². The number of hydrogen-bond donors (Lipinski definition) is 2. The maximum absolute atomic E-state index is 13.0. The topological polar surface area (TPSA) is 116 Å². The van der Waals surface area contributed by atoms with E-state index >= 15 is 0 Å². The van der Waals surface area contributed by atoms with Gasteiger partial charge in [-0.2, -0.15) is 4.98 Å². The molecular weight excluding hydrogens is 468 g/mol. The highest BCUT2D eigenvalue weighted by Gasteiger charge is 2.37. The summed E-state index contributed by atoms with van der Waals surface area (Å²) in [7, 11) is 3.17. The van der Waals surface area contributed by atoms with Crippen LogP contribution in [0, 0.1) is 0 Å². The number of carbonyl (C=O) groups excluding carboxylic acids is 1. The van der Waals surface area contributed by atoms with Gasteiger partial charge in [-0.15, -0.1) is 5.10 Å². The number of nitrogens with one attached hydrogen (secondary N) is 1. The number of carboxylic acids is 1. The number of carbonyl (C=O) groups is 2. The summed E-state index contributed by atoms with van der Waals surface area (Å²) in [6, 6.07) is 12.0. The van der Waals surface area contributed by atoms with Gasteiger partial charge < -0.3 is 19.9 Å². The van der Waals surface area contributed by atoms with E-state index in [9.17, 15) is 9.59 Å². The number of thioether (sulfide) groups is 1. The number of anilines is 1. The lowest BCUT2D eigenvalue weighted by atomic mass is 9.85. The molecule has 180 valence electrons. The maximum atomic E-state index is 13.0. The fraction of sp³-hybridized carbons (Fsp3) is 0.280. The molecule has 1 aliphatic heterocycles. The molecule has 10 heteroatoms. The van der Waals surface area contributed by atoms with Gasteiger partial charge in [-0.1, -0.05) is 30.0 Å². The molecule has 0 saturated carbocycles. The van der Waals surface area contributed by atoms with Crippen molar-refractivity contribution in [1.29, 1.82) is 0 Å². The first-order chi connectivity index (χ1) is 17.0. The van der Waals surface area contributed by atoms with Gasteiger partial charge in [0.2, 0.25) is 11.1 Å². The Kier molecular flexibility index (Phi) is 6.21. The highest BCUT2D eigenvalue weighted by atomic mass is 32.2. The van der Waals surface area contributed by atoms with Gasteiger partial charge in [-0.3, -0.25) is 4.79 Å².